The Bertz CT molecular complexity index is 1090. The van der Waals surface area contributed by atoms with E-state index in [0.717, 1.165) is 10.6 Å². The Labute approximate surface area is 160 Å². The topological polar surface area (TPSA) is 91.6 Å². The third kappa shape index (κ3) is 3.04. The maximum atomic E-state index is 12.0. The van der Waals surface area contributed by atoms with E-state index >= 15 is 0 Å². The average Bonchev–Trinajstić information content (AvgIpc) is 3.40. The van der Waals surface area contributed by atoms with E-state index in [1.165, 1.54) is 0 Å². The van der Waals surface area contributed by atoms with E-state index in [1.807, 2.05) is 46.3 Å². The van der Waals surface area contributed by atoms with E-state index < -0.39 is 5.91 Å². The number of aromatic nitrogens is 5. The van der Waals surface area contributed by atoms with Crippen molar-refractivity contribution in [2.45, 2.75) is 19.9 Å². The van der Waals surface area contributed by atoms with Gasteiger partial charge >= 0.3 is 0 Å². The Balaban J connectivity index is 1.89. The van der Waals surface area contributed by atoms with Crippen LogP contribution in [0.3, 0.4) is 0 Å². The molecule has 0 aliphatic rings. The fraction of sp³-hybridized carbons (Fsp3) is 0.158. The first-order valence-corrected chi connectivity index (χ1v) is 9.37. The van der Waals surface area contributed by atoms with E-state index in [-0.39, 0.29) is 6.04 Å². The van der Waals surface area contributed by atoms with Crippen LogP contribution in [0.5, 0.6) is 0 Å². The van der Waals surface area contributed by atoms with Gasteiger partial charge in [-0.25, -0.2) is 4.98 Å². The number of rotatable bonds is 5. The van der Waals surface area contributed by atoms with Crippen LogP contribution in [0.25, 0.3) is 27.9 Å². The first-order valence-electron chi connectivity index (χ1n) is 8.49. The van der Waals surface area contributed by atoms with E-state index in [2.05, 4.69) is 24.0 Å². The number of nitrogens with zero attached hydrogens (tertiary/aromatic N) is 5. The smallest absolute Gasteiger partial charge is 0.265 e. The number of hydrogen-bond acceptors (Lipinski definition) is 5. The van der Waals surface area contributed by atoms with Gasteiger partial charge in [0, 0.05) is 6.04 Å². The molecule has 0 fully saturated rings. The molecule has 4 heterocycles. The Hall–Kier alpha value is -3.26. The van der Waals surface area contributed by atoms with Crippen LogP contribution in [0.4, 0.5) is 0 Å². The van der Waals surface area contributed by atoms with Crippen LogP contribution in [0.15, 0.2) is 54.2 Å². The zero-order valence-electron chi connectivity index (χ0n) is 14.9. The van der Waals surface area contributed by atoms with Gasteiger partial charge in [0.2, 0.25) is 0 Å². The molecule has 7 nitrogen and oxygen atoms in total. The number of thiophene rings is 1. The summed E-state index contributed by atoms with van der Waals surface area (Å²) >= 11 is 1.59. The number of primary amides is 1. The highest BCUT2D eigenvalue weighted by molar-refractivity contribution is 7.13. The van der Waals surface area contributed by atoms with Crippen molar-refractivity contribution >= 4 is 17.2 Å². The van der Waals surface area contributed by atoms with E-state index in [0.29, 0.717) is 23.0 Å². The molecule has 0 unspecified atom stereocenters. The molecule has 4 rings (SSSR count). The number of carbonyl (C=O) groups excluding carboxylic acids is 1. The molecule has 0 aromatic carbocycles. The predicted molar refractivity (Wildman–Crippen MR) is 105 cm³/mol. The zero-order valence-corrected chi connectivity index (χ0v) is 15.7. The summed E-state index contributed by atoms with van der Waals surface area (Å²) in [6, 6.07) is 13.4. The van der Waals surface area contributed by atoms with Gasteiger partial charge in [-0.05, 0) is 49.6 Å². The summed E-state index contributed by atoms with van der Waals surface area (Å²) in [4.78, 5) is 17.8. The summed E-state index contributed by atoms with van der Waals surface area (Å²) < 4.78 is 3.74. The number of carbonyl (C=O) groups is 1. The summed E-state index contributed by atoms with van der Waals surface area (Å²) in [7, 11) is 0. The largest absolute Gasteiger partial charge is 0.364 e. The molecule has 2 N–H and O–H groups in total. The average molecular weight is 378 g/mol. The lowest BCUT2D eigenvalue weighted by Crippen LogP contribution is -2.17. The molecule has 0 aliphatic heterocycles. The summed E-state index contributed by atoms with van der Waals surface area (Å²) in [5, 5.41) is 10.2. The van der Waals surface area contributed by atoms with Crippen molar-refractivity contribution in [2.75, 3.05) is 0 Å². The molecule has 1 amide bonds. The standard InChI is InChI=1S/C19H18N6OS/c1-12(2)24-11-21-23-19(24)13-5-3-7-17(22-13)25-14(16-6-4-10-27-16)8-9-15(25)18(20)26/h3-12H,1-2H3,(H2,20,26). The number of hydrogen-bond donors (Lipinski definition) is 1. The van der Waals surface area contributed by atoms with Gasteiger partial charge in [0.05, 0.1) is 10.6 Å². The van der Waals surface area contributed by atoms with Gasteiger partial charge in [-0.2, -0.15) is 0 Å². The van der Waals surface area contributed by atoms with Gasteiger partial charge < -0.3 is 10.3 Å². The van der Waals surface area contributed by atoms with E-state index in [4.69, 9.17) is 10.7 Å². The Kier molecular flexibility index (Phi) is 4.33. The van der Waals surface area contributed by atoms with E-state index in [9.17, 15) is 4.79 Å². The minimum Gasteiger partial charge on any atom is -0.364 e. The zero-order chi connectivity index (χ0) is 19.0. The van der Waals surface area contributed by atoms with Crippen molar-refractivity contribution in [3.8, 4) is 27.9 Å². The molecule has 0 radical (unpaired) electrons. The van der Waals surface area contributed by atoms with Crippen LogP contribution in [0.2, 0.25) is 0 Å². The second-order valence-electron chi connectivity index (χ2n) is 6.32. The van der Waals surface area contributed by atoms with Gasteiger partial charge in [0.25, 0.3) is 5.91 Å². The summed E-state index contributed by atoms with van der Waals surface area (Å²) in [5.41, 5.74) is 7.54. The molecule has 27 heavy (non-hydrogen) atoms. The van der Waals surface area contributed by atoms with Crippen molar-refractivity contribution in [3.63, 3.8) is 0 Å². The van der Waals surface area contributed by atoms with Crippen LogP contribution >= 0.6 is 11.3 Å². The lowest BCUT2D eigenvalue weighted by Gasteiger charge is -2.13. The minimum atomic E-state index is -0.504. The SMILES string of the molecule is CC(C)n1cnnc1-c1cccc(-n2c(C(N)=O)ccc2-c2cccs2)n1. The highest BCUT2D eigenvalue weighted by Crippen LogP contribution is 2.30. The van der Waals surface area contributed by atoms with Crippen molar-refractivity contribution in [1.82, 2.24) is 24.3 Å². The van der Waals surface area contributed by atoms with Crippen LogP contribution < -0.4 is 5.73 Å². The van der Waals surface area contributed by atoms with Crippen LogP contribution in [-0.2, 0) is 0 Å². The third-order valence-electron chi connectivity index (χ3n) is 4.23. The lowest BCUT2D eigenvalue weighted by molar-refractivity contribution is 0.0994. The van der Waals surface area contributed by atoms with Crippen molar-refractivity contribution in [2.24, 2.45) is 5.73 Å². The van der Waals surface area contributed by atoms with Gasteiger partial charge in [-0.1, -0.05) is 12.1 Å². The predicted octanol–water partition coefficient (Wildman–Crippen LogP) is 3.54. The minimum absolute atomic E-state index is 0.204. The molecule has 4 aromatic rings. The number of nitrogens with two attached hydrogens (primary N) is 1. The maximum absolute atomic E-state index is 12.0. The van der Waals surface area contributed by atoms with Gasteiger partial charge in [0.15, 0.2) is 5.82 Å². The van der Waals surface area contributed by atoms with Gasteiger partial charge in [-0.15, -0.1) is 21.5 Å². The second-order valence-corrected chi connectivity index (χ2v) is 7.27. The summed E-state index contributed by atoms with van der Waals surface area (Å²) in [6.45, 7) is 4.12. The molecule has 0 bridgehead atoms. The summed E-state index contributed by atoms with van der Waals surface area (Å²) in [6.07, 6.45) is 1.69. The van der Waals surface area contributed by atoms with E-state index in [1.54, 1.807) is 28.3 Å². The molecule has 0 saturated carbocycles. The number of pyridine rings is 1. The molecular formula is C19H18N6OS. The van der Waals surface area contributed by atoms with Crippen LogP contribution in [0.1, 0.15) is 30.4 Å². The monoisotopic (exact) mass is 378 g/mol. The quantitative estimate of drug-likeness (QED) is 0.575. The van der Waals surface area contributed by atoms with Gasteiger partial charge in [-0.3, -0.25) is 9.36 Å². The van der Waals surface area contributed by atoms with Crippen LogP contribution in [-0.4, -0.2) is 30.2 Å². The third-order valence-corrected chi connectivity index (χ3v) is 5.12. The molecule has 0 saturated heterocycles. The molecule has 4 aromatic heterocycles. The first-order chi connectivity index (χ1) is 13.1. The Morgan fingerprint density at radius 1 is 1.15 bits per heavy atom. The Morgan fingerprint density at radius 3 is 2.70 bits per heavy atom. The van der Waals surface area contributed by atoms with Gasteiger partial charge in [0.1, 0.15) is 23.5 Å². The second kappa shape index (κ2) is 6.81. The fourth-order valence-corrected chi connectivity index (χ4v) is 3.71. The molecule has 0 aliphatic carbocycles. The highest BCUT2D eigenvalue weighted by Gasteiger charge is 2.18. The van der Waals surface area contributed by atoms with Crippen molar-refractivity contribution in [3.05, 3.63) is 59.9 Å². The highest BCUT2D eigenvalue weighted by atomic mass is 32.1. The lowest BCUT2D eigenvalue weighted by atomic mass is 10.3. The normalized spacial score (nSPS) is 11.2. The molecule has 0 atom stereocenters. The van der Waals surface area contributed by atoms with Crippen molar-refractivity contribution < 1.29 is 4.79 Å². The molecule has 136 valence electrons. The Morgan fingerprint density at radius 2 is 2.00 bits per heavy atom. The fourth-order valence-electron chi connectivity index (χ4n) is 2.97. The number of amides is 1. The maximum Gasteiger partial charge on any atom is 0.265 e. The van der Waals surface area contributed by atoms with Crippen LogP contribution in [0, 0.1) is 0 Å². The first kappa shape index (κ1) is 17.2. The van der Waals surface area contributed by atoms with Crippen molar-refractivity contribution in [1.29, 1.82) is 0 Å². The summed E-state index contributed by atoms with van der Waals surface area (Å²) in [5.74, 6) is 0.778. The molecule has 0 spiro atoms. The molecular weight excluding hydrogens is 360 g/mol. The molecule has 8 heteroatoms.